The van der Waals surface area contributed by atoms with Crippen molar-refractivity contribution >= 4 is 0 Å². The van der Waals surface area contributed by atoms with Gasteiger partial charge in [-0.25, -0.2) is 9.89 Å². The summed E-state index contributed by atoms with van der Waals surface area (Å²) in [7, 11) is 0. The normalized spacial score (nSPS) is 11.2. The van der Waals surface area contributed by atoms with Crippen LogP contribution in [0.15, 0.2) is 47.4 Å². The number of hydrogen-bond acceptors (Lipinski definition) is 5. The lowest BCUT2D eigenvalue weighted by molar-refractivity contribution is 0.566. The third-order valence-corrected chi connectivity index (χ3v) is 6.05. The molecule has 0 fully saturated rings. The van der Waals surface area contributed by atoms with E-state index >= 15 is 0 Å². The maximum atomic E-state index is 13.2. The standard InChI is InChI=1S/C25H31N7O/c1-4-6-9-15-31-18(3)23(10-5-2)32(25(31)33)17-19-13-14-22(26-16-19)20-11-7-8-12-21(20)24-27-29-30-28-24/h7-8,11-14,16H,4-6,9-10,15,17H2,1-3H3,(H,27,28,29,30). The van der Waals surface area contributed by atoms with Gasteiger partial charge in [0.1, 0.15) is 0 Å². The van der Waals surface area contributed by atoms with Crippen LogP contribution in [-0.2, 0) is 19.5 Å². The Balaban J connectivity index is 1.62. The van der Waals surface area contributed by atoms with Gasteiger partial charge in [-0.3, -0.25) is 14.1 Å². The van der Waals surface area contributed by atoms with Crippen molar-refractivity contribution < 1.29 is 0 Å². The molecule has 3 heterocycles. The van der Waals surface area contributed by atoms with E-state index < -0.39 is 0 Å². The SMILES string of the molecule is CCCCCn1c(C)c(CCC)n(Cc2ccc(-c3ccccc3-c3nnn[nH]3)nc2)c1=O. The maximum Gasteiger partial charge on any atom is 0.328 e. The first-order valence-corrected chi connectivity index (χ1v) is 11.7. The fourth-order valence-electron chi connectivity index (χ4n) is 4.30. The number of aromatic amines is 1. The van der Waals surface area contributed by atoms with Crippen LogP contribution < -0.4 is 5.69 Å². The molecule has 0 aliphatic heterocycles. The quantitative estimate of drug-likeness (QED) is 0.365. The first-order valence-electron chi connectivity index (χ1n) is 11.7. The minimum absolute atomic E-state index is 0.0827. The van der Waals surface area contributed by atoms with Crippen LogP contribution in [-0.4, -0.2) is 34.7 Å². The van der Waals surface area contributed by atoms with Gasteiger partial charge < -0.3 is 0 Å². The lowest BCUT2D eigenvalue weighted by Gasteiger charge is -2.09. The topological polar surface area (TPSA) is 94.3 Å². The van der Waals surface area contributed by atoms with Crippen molar-refractivity contribution in [3.05, 3.63) is 70.0 Å². The second-order valence-corrected chi connectivity index (χ2v) is 8.36. The smallest absolute Gasteiger partial charge is 0.296 e. The third kappa shape index (κ3) is 4.79. The Morgan fingerprint density at radius 2 is 1.79 bits per heavy atom. The van der Waals surface area contributed by atoms with Gasteiger partial charge >= 0.3 is 5.69 Å². The number of nitrogens with one attached hydrogen (secondary N) is 1. The molecule has 0 aliphatic carbocycles. The molecule has 1 aromatic carbocycles. The van der Waals surface area contributed by atoms with Crippen LogP contribution in [0.3, 0.4) is 0 Å². The number of benzene rings is 1. The van der Waals surface area contributed by atoms with E-state index in [0.29, 0.717) is 12.4 Å². The molecule has 0 amide bonds. The number of nitrogens with zero attached hydrogens (tertiary/aromatic N) is 6. The zero-order valence-corrected chi connectivity index (χ0v) is 19.6. The summed E-state index contributed by atoms with van der Waals surface area (Å²) in [6, 6.07) is 11.9. The second kappa shape index (κ2) is 10.4. The van der Waals surface area contributed by atoms with Crippen molar-refractivity contribution in [1.29, 1.82) is 0 Å². The van der Waals surface area contributed by atoms with Crippen LogP contribution in [0.1, 0.15) is 56.5 Å². The lowest BCUT2D eigenvalue weighted by Crippen LogP contribution is -2.26. The van der Waals surface area contributed by atoms with Gasteiger partial charge in [-0.15, -0.1) is 5.10 Å². The van der Waals surface area contributed by atoms with Gasteiger partial charge in [0, 0.05) is 35.3 Å². The maximum absolute atomic E-state index is 13.2. The highest BCUT2D eigenvalue weighted by Gasteiger charge is 2.17. The van der Waals surface area contributed by atoms with Crippen LogP contribution in [0.4, 0.5) is 0 Å². The van der Waals surface area contributed by atoms with E-state index in [-0.39, 0.29) is 5.69 Å². The van der Waals surface area contributed by atoms with E-state index in [1.165, 1.54) is 0 Å². The van der Waals surface area contributed by atoms with Crippen LogP contribution in [0.25, 0.3) is 22.6 Å². The number of H-pyrrole nitrogens is 1. The molecule has 0 spiro atoms. The van der Waals surface area contributed by atoms with Gasteiger partial charge in [-0.2, -0.15) is 0 Å². The minimum Gasteiger partial charge on any atom is -0.296 e. The van der Waals surface area contributed by atoms with Crippen molar-refractivity contribution in [1.82, 2.24) is 34.7 Å². The van der Waals surface area contributed by atoms with Gasteiger partial charge in [0.25, 0.3) is 0 Å². The number of hydrogen-bond donors (Lipinski definition) is 1. The Bertz CT molecular complexity index is 1240. The summed E-state index contributed by atoms with van der Waals surface area (Å²) in [6.45, 7) is 7.72. The summed E-state index contributed by atoms with van der Waals surface area (Å²) < 4.78 is 3.87. The van der Waals surface area contributed by atoms with Gasteiger partial charge in [-0.1, -0.05) is 63.4 Å². The molecule has 0 saturated heterocycles. The zero-order chi connectivity index (χ0) is 23.2. The molecule has 0 radical (unpaired) electrons. The van der Waals surface area contributed by atoms with Crippen LogP contribution in [0.5, 0.6) is 0 Å². The van der Waals surface area contributed by atoms with Crippen molar-refractivity contribution in [2.45, 2.75) is 66.0 Å². The van der Waals surface area contributed by atoms with E-state index in [1.807, 2.05) is 51.7 Å². The second-order valence-electron chi connectivity index (χ2n) is 8.36. The summed E-state index contributed by atoms with van der Waals surface area (Å²) in [5, 5.41) is 14.2. The molecule has 172 valence electrons. The number of imidazole rings is 1. The van der Waals surface area contributed by atoms with E-state index in [2.05, 4.69) is 41.4 Å². The van der Waals surface area contributed by atoms with Gasteiger partial charge in [0.05, 0.1) is 12.2 Å². The Morgan fingerprint density at radius 1 is 0.970 bits per heavy atom. The molecule has 0 bridgehead atoms. The van der Waals surface area contributed by atoms with E-state index in [4.69, 9.17) is 4.98 Å². The molecule has 0 atom stereocenters. The number of tetrazole rings is 1. The summed E-state index contributed by atoms with van der Waals surface area (Å²) in [5.41, 5.74) is 5.99. The predicted molar refractivity (Wildman–Crippen MR) is 129 cm³/mol. The van der Waals surface area contributed by atoms with E-state index in [0.717, 1.165) is 72.4 Å². The van der Waals surface area contributed by atoms with Crippen molar-refractivity contribution in [2.75, 3.05) is 0 Å². The predicted octanol–water partition coefficient (Wildman–Crippen LogP) is 4.39. The average Bonchev–Trinajstić information content (AvgIpc) is 3.45. The molecule has 8 heteroatoms. The molecule has 4 rings (SSSR count). The Hall–Kier alpha value is -3.55. The van der Waals surface area contributed by atoms with Crippen LogP contribution >= 0.6 is 0 Å². The minimum atomic E-state index is 0.0827. The molecular weight excluding hydrogens is 414 g/mol. The van der Waals surface area contributed by atoms with Gasteiger partial charge in [0.2, 0.25) is 0 Å². The molecule has 4 aromatic rings. The number of rotatable bonds is 10. The average molecular weight is 446 g/mol. The Morgan fingerprint density at radius 3 is 2.45 bits per heavy atom. The Kier molecular flexibility index (Phi) is 7.12. The first kappa shape index (κ1) is 22.6. The molecular formula is C25H31N7O. The Labute approximate surface area is 193 Å². The van der Waals surface area contributed by atoms with E-state index in [9.17, 15) is 4.79 Å². The summed E-state index contributed by atoms with van der Waals surface area (Å²) in [5.74, 6) is 0.604. The molecule has 0 aliphatic rings. The fraction of sp³-hybridized carbons (Fsp3) is 0.400. The highest BCUT2D eigenvalue weighted by molar-refractivity contribution is 5.78. The zero-order valence-electron chi connectivity index (χ0n) is 19.6. The summed E-state index contributed by atoms with van der Waals surface area (Å²) in [6.07, 6.45) is 7.07. The van der Waals surface area contributed by atoms with Gasteiger partial charge in [-0.05, 0) is 41.8 Å². The van der Waals surface area contributed by atoms with E-state index in [1.54, 1.807) is 0 Å². The number of unbranched alkanes of at least 4 members (excludes halogenated alkanes) is 2. The summed E-state index contributed by atoms with van der Waals surface area (Å²) >= 11 is 0. The van der Waals surface area contributed by atoms with Crippen LogP contribution in [0.2, 0.25) is 0 Å². The third-order valence-electron chi connectivity index (χ3n) is 6.05. The number of pyridine rings is 1. The molecule has 3 aromatic heterocycles. The molecule has 1 N–H and O–H groups in total. The highest BCUT2D eigenvalue weighted by atomic mass is 16.1. The lowest BCUT2D eigenvalue weighted by atomic mass is 10.0. The molecule has 0 saturated carbocycles. The van der Waals surface area contributed by atoms with Crippen molar-refractivity contribution in [2.24, 2.45) is 0 Å². The van der Waals surface area contributed by atoms with Gasteiger partial charge in [0.15, 0.2) is 5.82 Å². The summed E-state index contributed by atoms with van der Waals surface area (Å²) in [4.78, 5) is 17.9. The first-order chi connectivity index (χ1) is 16.1. The molecule has 33 heavy (non-hydrogen) atoms. The number of aromatic nitrogens is 7. The van der Waals surface area contributed by atoms with Crippen molar-refractivity contribution in [3.8, 4) is 22.6 Å². The van der Waals surface area contributed by atoms with Crippen molar-refractivity contribution in [3.63, 3.8) is 0 Å². The van der Waals surface area contributed by atoms with Crippen LogP contribution in [0, 0.1) is 6.92 Å². The molecule has 0 unspecified atom stereocenters. The highest BCUT2D eigenvalue weighted by Crippen LogP contribution is 2.28. The fourth-order valence-corrected chi connectivity index (χ4v) is 4.30. The largest absolute Gasteiger partial charge is 0.328 e. The molecule has 8 nitrogen and oxygen atoms in total. The monoisotopic (exact) mass is 445 g/mol.